The summed E-state index contributed by atoms with van der Waals surface area (Å²) in [6, 6.07) is 33.3. The van der Waals surface area contributed by atoms with Crippen LogP contribution in [0.1, 0.15) is 98.8 Å². The van der Waals surface area contributed by atoms with Gasteiger partial charge in [0.25, 0.3) is 0 Å². The molecule has 2 aliphatic rings. The summed E-state index contributed by atoms with van der Waals surface area (Å²) in [4.78, 5) is 30.8. The number of rotatable bonds is 8. The van der Waals surface area contributed by atoms with Crippen molar-refractivity contribution in [2.45, 2.75) is 66.2 Å². The number of hydrogen-bond acceptors (Lipinski definition) is 7. The fourth-order valence-electron chi connectivity index (χ4n) is 11.2. The number of fused-ring (bicyclic) bond motifs is 11. The lowest BCUT2D eigenvalue weighted by Crippen LogP contribution is -2.29. The van der Waals surface area contributed by atoms with Crippen molar-refractivity contribution in [3.05, 3.63) is 196 Å². The van der Waals surface area contributed by atoms with Crippen LogP contribution in [0.4, 0.5) is 0 Å². The molecular weight excluding hydrogens is 865 g/mol. The van der Waals surface area contributed by atoms with E-state index in [1.165, 1.54) is 127 Å². The molecule has 11 rings (SSSR count). The van der Waals surface area contributed by atoms with Gasteiger partial charge in [-0.15, -0.1) is 56.7 Å². The molecular formula is C56H44O2S5. The molecule has 0 aliphatic heterocycles. The van der Waals surface area contributed by atoms with E-state index in [-0.39, 0.29) is 0 Å². The molecule has 0 radical (unpaired) electrons. The number of hydrogen-bond donors (Lipinski definition) is 0. The Bertz CT molecular complexity index is 3310. The van der Waals surface area contributed by atoms with Gasteiger partial charge < -0.3 is 0 Å². The third-order valence-corrected chi connectivity index (χ3v) is 19.3. The van der Waals surface area contributed by atoms with Crippen LogP contribution < -0.4 is 0 Å². The average Bonchev–Trinajstić information content (AvgIpc) is 4.06. The summed E-state index contributed by atoms with van der Waals surface area (Å²) in [6.07, 6.45) is 8.92. The van der Waals surface area contributed by atoms with Crippen molar-refractivity contribution >= 4 is 100 Å². The van der Waals surface area contributed by atoms with Gasteiger partial charge in [-0.2, -0.15) is 0 Å². The molecule has 63 heavy (non-hydrogen) atoms. The summed E-state index contributed by atoms with van der Waals surface area (Å²) in [5.74, 6) is 0. The quantitative estimate of drug-likeness (QED) is 0.112. The number of carbonyl (C=O) groups excluding carboxylic acids is 2. The van der Waals surface area contributed by atoms with Gasteiger partial charge in [0.15, 0.2) is 0 Å². The first-order valence-electron chi connectivity index (χ1n) is 21.3. The third kappa shape index (κ3) is 5.83. The molecule has 0 saturated carbocycles. The molecule has 9 aromatic rings. The van der Waals surface area contributed by atoms with Crippen molar-refractivity contribution in [1.82, 2.24) is 0 Å². The molecule has 310 valence electrons. The monoisotopic (exact) mass is 908 g/mol. The lowest BCUT2D eigenvalue weighted by molar-refractivity contribution is -0.104. The molecule has 7 heteroatoms. The van der Waals surface area contributed by atoms with Gasteiger partial charge in [0.1, 0.15) is 12.6 Å². The van der Waals surface area contributed by atoms with Crippen LogP contribution >= 0.6 is 56.7 Å². The molecule has 0 fully saturated rings. The standard InChI is InChI=1S/C56H44O2S5/c1-29-15-30(2)20-37(19-29)55(38-21-31(3)16-32(4)22-38)43-27-41(11-9-13-57)59-48(43)50-46(55)52-54(62-50)47-53(63-52)51-45(49-44(61-51)28-42(60-49)12-10-14-58)56(47,39-23-33(5)17-34(6)24-39)40-25-35(7)18-36(8)26-40/h9-28H,1-8H3/b11-9+,12-10+. The van der Waals surface area contributed by atoms with Crippen LogP contribution in [0, 0.1) is 55.4 Å². The lowest BCUT2D eigenvalue weighted by Gasteiger charge is -2.35. The second-order valence-corrected chi connectivity index (χ2v) is 23.1. The second-order valence-electron chi connectivity index (χ2n) is 17.8. The Kier molecular flexibility index (Phi) is 9.40. The molecule has 0 atom stereocenters. The molecule has 2 aliphatic carbocycles. The predicted octanol–water partition coefficient (Wildman–Crippen LogP) is 15.9. The molecule has 0 saturated heterocycles. The van der Waals surface area contributed by atoms with Gasteiger partial charge in [-0.25, -0.2) is 0 Å². The number of thiophene rings is 5. The van der Waals surface area contributed by atoms with Gasteiger partial charge in [-0.3, -0.25) is 9.59 Å². The number of aryl methyl sites for hydroxylation is 8. The van der Waals surface area contributed by atoms with E-state index in [0.29, 0.717) is 0 Å². The molecule has 0 bridgehead atoms. The maximum Gasteiger partial charge on any atom is 0.142 e. The number of carbonyl (C=O) groups is 2. The average molecular weight is 909 g/mol. The van der Waals surface area contributed by atoms with Crippen LogP contribution in [0.25, 0.3) is 50.5 Å². The zero-order valence-corrected chi connectivity index (χ0v) is 40.5. The fourth-order valence-corrected chi connectivity index (χ4v) is 18.4. The van der Waals surface area contributed by atoms with E-state index in [2.05, 4.69) is 140 Å². The fraction of sp³-hybridized carbons (Fsp3) is 0.179. The van der Waals surface area contributed by atoms with E-state index in [4.69, 9.17) is 0 Å². The Balaban J connectivity index is 1.35. The van der Waals surface area contributed by atoms with E-state index < -0.39 is 10.8 Å². The van der Waals surface area contributed by atoms with Crippen molar-refractivity contribution in [2.24, 2.45) is 0 Å². The normalized spacial score (nSPS) is 14.6. The maximum absolute atomic E-state index is 11.7. The Labute approximate surface area is 388 Å². The molecule has 5 aromatic heterocycles. The van der Waals surface area contributed by atoms with Gasteiger partial charge in [0.05, 0.1) is 44.4 Å². The SMILES string of the molecule is Cc1cc(C)cc(C2(c3cc(C)cc(C)c3)c3cc(/C=C/C=O)sc3-c3sc4c5c(sc4c32)-c2sc3cc(/C=C/C=O)sc3c2C5(c2cc(C)cc(C)c2)c2cc(C)cc(C)c2)c1. The zero-order valence-electron chi connectivity index (χ0n) is 36.4. The van der Waals surface area contributed by atoms with Crippen molar-refractivity contribution in [1.29, 1.82) is 0 Å². The number of allylic oxidation sites excluding steroid dienone is 2. The summed E-state index contributed by atoms with van der Waals surface area (Å²) in [6.45, 7) is 17.8. The Morgan fingerprint density at radius 3 is 1.17 bits per heavy atom. The third-order valence-electron chi connectivity index (χ3n) is 12.9. The lowest BCUT2D eigenvalue weighted by atomic mass is 9.66. The van der Waals surface area contributed by atoms with Crippen LogP contribution in [0.3, 0.4) is 0 Å². The van der Waals surface area contributed by atoms with E-state index >= 15 is 0 Å². The number of aldehydes is 2. The smallest absolute Gasteiger partial charge is 0.142 e. The van der Waals surface area contributed by atoms with E-state index in [1.807, 2.05) is 57.5 Å². The molecule has 4 aromatic carbocycles. The van der Waals surface area contributed by atoms with Crippen molar-refractivity contribution in [3.8, 4) is 19.5 Å². The molecule has 2 nitrogen and oxygen atoms in total. The summed E-state index contributed by atoms with van der Waals surface area (Å²) in [5.41, 5.74) is 19.4. The summed E-state index contributed by atoms with van der Waals surface area (Å²) < 4.78 is 5.28. The van der Waals surface area contributed by atoms with E-state index in [1.54, 1.807) is 23.5 Å². The largest absolute Gasteiger partial charge is 0.299 e. The highest BCUT2D eigenvalue weighted by Gasteiger charge is 2.56. The summed E-state index contributed by atoms with van der Waals surface area (Å²) in [5, 5.41) is 0. The molecule has 0 unspecified atom stereocenters. The Morgan fingerprint density at radius 2 is 0.730 bits per heavy atom. The minimum absolute atomic E-state index is 0.597. The minimum atomic E-state index is -0.609. The van der Waals surface area contributed by atoms with Crippen LogP contribution in [0.15, 0.2) is 97.1 Å². The second kappa shape index (κ2) is 14.6. The first-order chi connectivity index (χ1) is 30.3. The Morgan fingerprint density at radius 1 is 0.365 bits per heavy atom. The Hall–Kier alpha value is -5.28. The maximum atomic E-state index is 11.7. The van der Waals surface area contributed by atoms with Crippen LogP contribution in [-0.4, -0.2) is 12.6 Å². The highest BCUT2D eigenvalue weighted by Crippen LogP contribution is 2.71. The summed E-state index contributed by atoms with van der Waals surface area (Å²) >= 11 is 9.50. The van der Waals surface area contributed by atoms with Crippen LogP contribution in [-0.2, 0) is 20.4 Å². The van der Waals surface area contributed by atoms with Gasteiger partial charge in [-0.1, -0.05) is 117 Å². The van der Waals surface area contributed by atoms with Gasteiger partial charge in [0, 0.05) is 31.1 Å². The summed E-state index contributed by atoms with van der Waals surface area (Å²) in [7, 11) is 0. The van der Waals surface area contributed by atoms with Crippen LogP contribution in [0.2, 0.25) is 0 Å². The van der Waals surface area contributed by atoms with Crippen molar-refractivity contribution in [2.75, 3.05) is 0 Å². The topological polar surface area (TPSA) is 34.1 Å². The molecule has 5 heterocycles. The molecule has 0 spiro atoms. The first kappa shape index (κ1) is 40.5. The van der Waals surface area contributed by atoms with Gasteiger partial charge >= 0.3 is 0 Å². The minimum Gasteiger partial charge on any atom is -0.299 e. The van der Waals surface area contributed by atoms with E-state index in [0.717, 1.165) is 22.3 Å². The predicted molar refractivity (Wildman–Crippen MR) is 274 cm³/mol. The number of benzene rings is 4. The van der Waals surface area contributed by atoms with Crippen molar-refractivity contribution in [3.63, 3.8) is 0 Å². The molecule has 0 N–H and O–H groups in total. The van der Waals surface area contributed by atoms with Crippen molar-refractivity contribution < 1.29 is 9.59 Å². The van der Waals surface area contributed by atoms with E-state index in [9.17, 15) is 9.59 Å². The first-order valence-corrected chi connectivity index (χ1v) is 25.3. The molecule has 0 amide bonds. The van der Waals surface area contributed by atoms with Gasteiger partial charge in [-0.05, 0) is 120 Å². The van der Waals surface area contributed by atoms with Gasteiger partial charge in [0.2, 0.25) is 0 Å². The zero-order chi connectivity index (χ0) is 43.7. The van der Waals surface area contributed by atoms with Crippen LogP contribution in [0.5, 0.6) is 0 Å². The highest BCUT2D eigenvalue weighted by molar-refractivity contribution is 7.36. The highest BCUT2D eigenvalue weighted by atomic mass is 32.1.